The molecule has 0 radical (unpaired) electrons. The molecule has 33 heavy (non-hydrogen) atoms. The summed E-state index contributed by atoms with van der Waals surface area (Å²) in [4.78, 5) is 27.7. The van der Waals surface area contributed by atoms with Gasteiger partial charge in [0.2, 0.25) is 5.78 Å². The van der Waals surface area contributed by atoms with Crippen molar-refractivity contribution in [1.29, 1.82) is 0 Å². The van der Waals surface area contributed by atoms with Gasteiger partial charge >= 0.3 is 5.97 Å². The Kier molecular flexibility index (Phi) is 5.81. The molecule has 2 aromatic carbocycles. The second kappa shape index (κ2) is 8.64. The average Bonchev–Trinajstić information content (AvgIpc) is 3.16. The summed E-state index contributed by atoms with van der Waals surface area (Å²) in [6.07, 6.45) is 5.21. The van der Waals surface area contributed by atoms with Gasteiger partial charge in [0.25, 0.3) is 0 Å². The Hall–Kier alpha value is -2.60. The molecule has 0 N–H and O–H groups in total. The molecule has 1 aromatic heterocycles. The van der Waals surface area contributed by atoms with Crippen LogP contribution in [0.15, 0.2) is 48.7 Å². The third-order valence-corrected chi connectivity index (χ3v) is 7.23. The molecule has 0 fully saturated rings. The van der Waals surface area contributed by atoms with E-state index in [-0.39, 0.29) is 23.5 Å². The molecule has 1 aliphatic carbocycles. The Morgan fingerprint density at radius 2 is 2.00 bits per heavy atom. The first-order valence-corrected chi connectivity index (χ1v) is 11.8. The third kappa shape index (κ3) is 3.88. The predicted molar refractivity (Wildman–Crippen MR) is 131 cm³/mol. The van der Waals surface area contributed by atoms with Crippen LogP contribution >= 0.6 is 23.2 Å². The Morgan fingerprint density at radius 1 is 1.18 bits per heavy atom. The molecule has 7 heteroatoms. The van der Waals surface area contributed by atoms with Crippen molar-refractivity contribution in [1.82, 2.24) is 9.47 Å². The topological polar surface area (TPSA) is 51.5 Å². The molecule has 0 unspecified atom stereocenters. The van der Waals surface area contributed by atoms with E-state index in [4.69, 9.17) is 27.9 Å². The lowest BCUT2D eigenvalue weighted by Gasteiger charge is -2.39. The van der Waals surface area contributed by atoms with Crippen LogP contribution in [0.1, 0.15) is 28.4 Å². The zero-order valence-corrected chi connectivity index (χ0v) is 20.0. The minimum Gasteiger partial charge on any atom is -0.457 e. The molecule has 0 amide bonds. The van der Waals surface area contributed by atoms with Gasteiger partial charge in [-0.15, -0.1) is 0 Å². The van der Waals surface area contributed by atoms with Crippen molar-refractivity contribution in [3.05, 3.63) is 75.4 Å². The summed E-state index contributed by atoms with van der Waals surface area (Å²) in [5, 5.41) is 1.97. The molecule has 1 aliphatic heterocycles. The van der Waals surface area contributed by atoms with Gasteiger partial charge in [-0.05, 0) is 61.4 Å². The van der Waals surface area contributed by atoms with Crippen LogP contribution < -0.4 is 0 Å². The smallest absolute Gasteiger partial charge is 0.314 e. The van der Waals surface area contributed by atoms with E-state index in [1.807, 2.05) is 13.1 Å². The number of hydrogen-bond donors (Lipinski definition) is 0. The van der Waals surface area contributed by atoms with Crippen LogP contribution in [0.25, 0.3) is 16.5 Å². The molecule has 5 nitrogen and oxygen atoms in total. The molecule has 5 rings (SSSR count). The number of esters is 1. The molecule has 2 heterocycles. The van der Waals surface area contributed by atoms with Gasteiger partial charge in [-0.3, -0.25) is 14.5 Å². The highest BCUT2D eigenvalue weighted by Gasteiger charge is 2.36. The van der Waals surface area contributed by atoms with Gasteiger partial charge in [0.15, 0.2) is 6.61 Å². The van der Waals surface area contributed by atoms with Crippen LogP contribution in [0.4, 0.5) is 0 Å². The summed E-state index contributed by atoms with van der Waals surface area (Å²) >= 11 is 12.0. The first-order chi connectivity index (χ1) is 15.9. The van der Waals surface area contributed by atoms with Crippen molar-refractivity contribution < 1.29 is 14.3 Å². The number of likely N-dealkylation sites (N-methyl/N-ethyl adjacent to an activating group) is 1. The number of rotatable bonds is 5. The number of nitrogens with zero attached hydrogens (tertiary/aromatic N) is 2. The van der Waals surface area contributed by atoms with Crippen LogP contribution in [-0.2, 0) is 22.5 Å². The fourth-order valence-electron chi connectivity index (χ4n) is 5.07. The maximum Gasteiger partial charge on any atom is 0.314 e. The number of ketones is 1. The monoisotopic (exact) mass is 482 g/mol. The van der Waals surface area contributed by atoms with E-state index in [9.17, 15) is 9.59 Å². The van der Waals surface area contributed by atoms with E-state index in [0.29, 0.717) is 17.1 Å². The van der Waals surface area contributed by atoms with Gasteiger partial charge in [0.1, 0.15) is 0 Å². The van der Waals surface area contributed by atoms with Crippen LogP contribution in [0.3, 0.4) is 0 Å². The number of fused-ring (bicyclic) bond motifs is 2. The predicted octanol–water partition coefficient (Wildman–Crippen LogP) is 5.26. The molecule has 0 saturated heterocycles. The van der Waals surface area contributed by atoms with E-state index in [1.165, 1.54) is 28.1 Å². The largest absolute Gasteiger partial charge is 0.457 e. The summed E-state index contributed by atoms with van der Waals surface area (Å²) in [5.74, 6) is -1.21. The fourth-order valence-corrected chi connectivity index (χ4v) is 5.59. The molecule has 0 saturated carbocycles. The second-order valence-electron chi connectivity index (χ2n) is 8.68. The molecule has 2 atom stereocenters. The second-order valence-corrected chi connectivity index (χ2v) is 9.53. The van der Waals surface area contributed by atoms with Gasteiger partial charge < -0.3 is 9.30 Å². The van der Waals surface area contributed by atoms with Crippen molar-refractivity contribution in [3.8, 4) is 0 Å². The number of hydrogen-bond acceptors (Lipinski definition) is 4. The van der Waals surface area contributed by atoms with Crippen molar-refractivity contribution in [3.63, 3.8) is 0 Å². The molecule has 2 aliphatic rings. The average molecular weight is 483 g/mol. The van der Waals surface area contributed by atoms with E-state index in [0.717, 1.165) is 18.5 Å². The lowest BCUT2D eigenvalue weighted by Crippen LogP contribution is -2.44. The van der Waals surface area contributed by atoms with E-state index in [2.05, 4.69) is 40.8 Å². The zero-order chi connectivity index (χ0) is 23.3. The van der Waals surface area contributed by atoms with Crippen LogP contribution in [0, 0.1) is 5.92 Å². The summed E-state index contributed by atoms with van der Waals surface area (Å²) < 4.78 is 7.70. The summed E-state index contributed by atoms with van der Waals surface area (Å²) in [7, 11) is 2.04. The first-order valence-electron chi connectivity index (χ1n) is 11.0. The number of aryl methyl sites for hydroxylation is 1. The number of carbonyl (C=O) groups is 2. The Labute approximate surface area is 202 Å². The molecule has 170 valence electrons. The Bertz CT molecular complexity index is 1310. The lowest BCUT2D eigenvalue weighted by molar-refractivity contribution is -0.146. The van der Waals surface area contributed by atoms with Crippen molar-refractivity contribution >= 4 is 51.4 Å². The zero-order valence-electron chi connectivity index (χ0n) is 18.5. The van der Waals surface area contributed by atoms with Gasteiger partial charge in [-0.2, -0.15) is 0 Å². The maximum atomic E-state index is 12.9. The van der Waals surface area contributed by atoms with Crippen LogP contribution in [0.5, 0.6) is 0 Å². The van der Waals surface area contributed by atoms with Crippen molar-refractivity contribution in [2.24, 2.45) is 5.92 Å². The van der Waals surface area contributed by atoms with E-state index in [1.54, 1.807) is 12.1 Å². The minimum atomic E-state index is -0.445. The highest BCUT2D eigenvalue weighted by atomic mass is 35.5. The van der Waals surface area contributed by atoms with Crippen molar-refractivity contribution in [2.75, 3.05) is 20.2 Å². The summed E-state index contributed by atoms with van der Waals surface area (Å²) in [5.41, 5.74) is 5.20. The quantitative estimate of drug-likeness (QED) is 0.367. The van der Waals surface area contributed by atoms with E-state index < -0.39 is 11.9 Å². The Balaban J connectivity index is 1.39. The van der Waals surface area contributed by atoms with E-state index >= 15 is 0 Å². The molecule has 3 aromatic rings. The number of aromatic nitrogens is 1. The lowest BCUT2D eigenvalue weighted by atomic mass is 9.80. The summed E-state index contributed by atoms with van der Waals surface area (Å²) in [6, 6.07) is 11.2. The number of benzene rings is 2. The standard InChI is InChI=1S/C26H24Cl2N2O3/c1-3-30-13-15-10-23-20(18-5-4-6-22(30)25(15)18)9-16(12-29(23)2)26(32)33-14-24(31)19-8-7-17(27)11-21(19)28/h4-9,11,13,16,23H,3,10,12,14H2,1-2H3/t16-,23-/m1/s1. The van der Waals surface area contributed by atoms with Gasteiger partial charge in [-0.1, -0.05) is 41.4 Å². The normalized spacial score (nSPS) is 19.8. The van der Waals surface area contributed by atoms with Gasteiger partial charge in [-0.25, -0.2) is 0 Å². The van der Waals surface area contributed by atoms with Crippen molar-refractivity contribution in [2.45, 2.75) is 25.9 Å². The molecular weight excluding hydrogens is 459 g/mol. The highest BCUT2D eigenvalue weighted by molar-refractivity contribution is 6.36. The van der Waals surface area contributed by atoms with Gasteiger partial charge in [0.05, 0.1) is 10.9 Å². The number of carbonyl (C=O) groups excluding carboxylic acids is 2. The Morgan fingerprint density at radius 3 is 2.76 bits per heavy atom. The molecule has 0 bridgehead atoms. The highest BCUT2D eigenvalue weighted by Crippen LogP contribution is 2.41. The number of Topliss-reactive ketones (excluding diaryl/α,β-unsaturated/α-hetero) is 1. The SMILES string of the molecule is CCn1cc2c3c(cccc31)C1=C[C@@H](C(=O)OCC(=O)c3ccc(Cl)cc3Cl)CN(C)[C@@H]1C2. The maximum absolute atomic E-state index is 12.9. The minimum absolute atomic E-state index is 0.217. The molecular formula is C26H24Cl2N2O3. The number of halogens is 2. The number of ether oxygens (including phenoxy) is 1. The molecule has 0 spiro atoms. The summed E-state index contributed by atoms with van der Waals surface area (Å²) in [6.45, 7) is 3.26. The third-order valence-electron chi connectivity index (χ3n) is 6.69. The van der Waals surface area contributed by atoms with Crippen LogP contribution in [-0.4, -0.2) is 47.5 Å². The van der Waals surface area contributed by atoms with Gasteiger partial charge in [0, 0.05) is 46.8 Å². The van der Waals surface area contributed by atoms with Crippen LogP contribution in [0.2, 0.25) is 10.0 Å². The fraction of sp³-hybridized carbons (Fsp3) is 0.308. The first kappa shape index (κ1) is 22.2.